The zero-order valence-corrected chi connectivity index (χ0v) is 10.3. The smallest absolute Gasteiger partial charge is 0.0354 e. The second kappa shape index (κ2) is 13.8. The van der Waals surface area contributed by atoms with Crippen molar-refractivity contribution < 1.29 is 0 Å². The Morgan fingerprint density at radius 1 is 0.769 bits per heavy atom. The van der Waals surface area contributed by atoms with Crippen molar-refractivity contribution in [2.45, 2.75) is 48.0 Å². The van der Waals surface area contributed by atoms with E-state index >= 15 is 0 Å². The Morgan fingerprint density at radius 3 is 0.846 bits per heavy atom. The summed E-state index contributed by atoms with van der Waals surface area (Å²) >= 11 is 0. The first kappa shape index (κ1) is 18.1. The summed E-state index contributed by atoms with van der Waals surface area (Å²) in [4.78, 5) is 0. The van der Waals surface area contributed by atoms with Gasteiger partial charge in [0, 0.05) is 0 Å². The lowest BCUT2D eigenvalue weighted by atomic mass is 10.3. The average molecular weight is 182 g/mol. The SMILES string of the molecule is C=C(C)C.C=C(C)C.C=C(C)CC. The topological polar surface area (TPSA) is 0 Å². The van der Waals surface area contributed by atoms with Crippen LogP contribution in [0.2, 0.25) is 0 Å². The van der Waals surface area contributed by atoms with E-state index in [9.17, 15) is 0 Å². The standard InChI is InChI=1S/C5H10.2C4H8/c1-4-5(2)3;2*1-4(2)3/h2,4H2,1,3H3;2*1H2,2-3H3. The maximum absolute atomic E-state index is 3.67. The van der Waals surface area contributed by atoms with Crippen molar-refractivity contribution in [1.82, 2.24) is 0 Å². The van der Waals surface area contributed by atoms with Crippen LogP contribution in [0, 0.1) is 0 Å². The van der Waals surface area contributed by atoms with Gasteiger partial charge in [-0.05, 0) is 41.0 Å². The minimum absolute atomic E-state index is 1.11. The van der Waals surface area contributed by atoms with Crippen LogP contribution in [0.5, 0.6) is 0 Å². The Hall–Kier alpha value is -0.780. The molecule has 0 heterocycles. The summed E-state index contributed by atoms with van der Waals surface area (Å²) < 4.78 is 0. The van der Waals surface area contributed by atoms with E-state index < -0.39 is 0 Å². The average Bonchev–Trinajstić information content (AvgIpc) is 1.84. The summed E-state index contributed by atoms with van der Waals surface area (Å²) in [7, 11) is 0. The zero-order chi connectivity index (χ0) is 11.4. The fraction of sp³-hybridized carbons (Fsp3) is 0.538. The predicted molar refractivity (Wildman–Crippen MR) is 66.1 cm³/mol. The largest absolute Gasteiger partial charge is 0.100 e. The number of allylic oxidation sites excluding steroid dienone is 3. The van der Waals surface area contributed by atoms with E-state index in [4.69, 9.17) is 0 Å². The van der Waals surface area contributed by atoms with Crippen molar-refractivity contribution in [3.8, 4) is 0 Å². The Kier molecular flexibility index (Phi) is 19.2. The van der Waals surface area contributed by atoms with Gasteiger partial charge < -0.3 is 0 Å². The lowest BCUT2D eigenvalue weighted by Crippen LogP contribution is -1.58. The molecule has 0 saturated heterocycles. The Labute approximate surface area is 85.1 Å². The summed E-state index contributed by atoms with van der Waals surface area (Å²) in [5.41, 5.74) is 3.59. The third-order valence-electron chi connectivity index (χ3n) is 0.604. The van der Waals surface area contributed by atoms with Gasteiger partial charge in [-0.2, -0.15) is 0 Å². The van der Waals surface area contributed by atoms with Gasteiger partial charge in [-0.1, -0.05) is 23.6 Å². The maximum atomic E-state index is 3.67. The first-order valence-electron chi connectivity index (χ1n) is 4.62. The predicted octanol–water partition coefficient (Wildman–Crippen LogP) is 5.14. The highest BCUT2D eigenvalue weighted by molar-refractivity contribution is 4.84. The summed E-state index contributed by atoms with van der Waals surface area (Å²) in [5.74, 6) is 0. The van der Waals surface area contributed by atoms with Crippen molar-refractivity contribution in [3.63, 3.8) is 0 Å². The van der Waals surface area contributed by atoms with E-state index in [-0.39, 0.29) is 0 Å². The van der Waals surface area contributed by atoms with Crippen molar-refractivity contribution in [2.75, 3.05) is 0 Å². The summed E-state index contributed by atoms with van der Waals surface area (Å²) in [6.07, 6.45) is 1.11. The highest BCUT2D eigenvalue weighted by atomic mass is 13.7. The van der Waals surface area contributed by atoms with Crippen molar-refractivity contribution in [1.29, 1.82) is 0 Å². The van der Waals surface area contributed by atoms with Crippen LogP contribution >= 0.6 is 0 Å². The molecule has 0 N–H and O–H groups in total. The van der Waals surface area contributed by atoms with Crippen LogP contribution in [-0.2, 0) is 0 Å². The van der Waals surface area contributed by atoms with Crippen LogP contribution in [-0.4, -0.2) is 0 Å². The molecule has 0 aromatic heterocycles. The van der Waals surface area contributed by atoms with E-state index in [1.165, 1.54) is 16.7 Å². The van der Waals surface area contributed by atoms with Gasteiger partial charge in [-0.15, -0.1) is 19.7 Å². The number of hydrogen-bond acceptors (Lipinski definition) is 0. The summed E-state index contributed by atoms with van der Waals surface area (Å²) in [6.45, 7) is 22.8. The maximum Gasteiger partial charge on any atom is -0.0354 e. The van der Waals surface area contributed by atoms with Gasteiger partial charge in [0.2, 0.25) is 0 Å². The van der Waals surface area contributed by atoms with Gasteiger partial charge >= 0.3 is 0 Å². The summed E-state index contributed by atoms with van der Waals surface area (Å²) in [5, 5.41) is 0. The van der Waals surface area contributed by atoms with E-state index in [0.29, 0.717) is 0 Å². The normalized spacial score (nSPS) is 6.92. The quantitative estimate of drug-likeness (QED) is 0.493. The molecule has 0 fully saturated rings. The molecule has 0 aromatic carbocycles. The molecule has 0 aromatic rings. The summed E-state index contributed by atoms with van der Waals surface area (Å²) in [6, 6.07) is 0. The van der Waals surface area contributed by atoms with Gasteiger partial charge in [0.1, 0.15) is 0 Å². The molecule has 0 amide bonds. The second-order valence-electron chi connectivity index (χ2n) is 3.72. The van der Waals surface area contributed by atoms with Crippen molar-refractivity contribution in [3.05, 3.63) is 36.5 Å². The highest BCUT2D eigenvalue weighted by Gasteiger charge is 1.67. The molecular weight excluding hydrogens is 156 g/mol. The molecule has 0 saturated carbocycles. The van der Waals surface area contributed by atoms with Crippen LogP contribution in [0.4, 0.5) is 0 Å². The monoisotopic (exact) mass is 182 g/mol. The molecule has 0 atom stereocenters. The van der Waals surface area contributed by atoms with Crippen LogP contribution < -0.4 is 0 Å². The molecule has 0 aliphatic heterocycles. The van der Waals surface area contributed by atoms with E-state index in [2.05, 4.69) is 26.7 Å². The highest BCUT2D eigenvalue weighted by Crippen LogP contribution is 1.88. The third-order valence-corrected chi connectivity index (χ3v) is 0.604. The van der Waals surface area contributed by atoms with E-state index in [0.717, 1.165) is 6.42 Å². The zero-order valence-electron chi connectivity index (χ0n) is 10.3. The Bertz CT molecular complexity index is 129. The molecule has 0 radical (unpaired) electrons. The van der Waals surface area contributed by atoms with Crippen LogP contribution in [0.1, 0.15) is 48.0 Å². The van der Waals surface area contributed by atoms with Crippen molar-refractivity contribution in [2.24, 2.45) is 0 Å². The molecule has 0 aliphatic carbocycles. The van der Waals surface area contributed by atoms with Gasteiger partial charge in [-0.25, -0.2) is 0 Å². The van der Waals surface area contributed by atoms with Crippen molar-refractivity contribution >= 4 is 0 Å². The van der Waals surface area contributed by atoms with E-state index in [1.54, 1.807) is 0 Å². The van der Waals surface area contributed by atoms with Crippen LogP contribution in [0.15, 0.2) is 36.5 Å². The minimum atomic E-state index is 1.11. The number of hydrogen-bond donors (Lipinski definition) is 0. The molecule has 0 nitrogen and oxygen atoms in total. The first-order valence-corrected chi connectivity index (χ1v) is 4.62. The Morgan fingerprint density at radius 2 is 0.846 bits per heavy atom. The molecule has 0 aliphatic rings. The van der Waals surface area contributed by atoms with Gasteiger partial charge in [0.25, 0.3) is 0 Å². The lowest BCUT2D eigenvalue weighted by molar-refractivity contribution is 1.11. The third kappa shape index (κ3) is 641. The molecule has 0 bridgehead atoms. The second-order valence-corrected chi connectivity index (χ2v) is 3.72. The molecule has 0 rings (SSSR count). The van der Waals surface area contributed by atoms with E-state index in [1.807, 2.05) is 34.6 Å². The molecule has 78 valence electrons. The van der Waals surface area contributed by atoms with Crippen LogP contribution in [0.3, 0.4) is 0 Å². The molecular formula is C13H26. The van der Waals surface area contributed by atoms with Gasteiger partial charge in [0.05, 0.1) is 0 Å². The Balaban J connectivity index is -0.000000117. The van der Waals surface area contributed by atoms with Gasteiger partial charge in [0.15, 0.2) is 0 Å². The molecule has 13 heavy (non-hydrogen) atoms. The number of rotatable bonds is 1. The fourth-order valence-corrected chi connectivity index (χ4v) is 0. The first-order chi connectivity index (χ1) is 5.73. The van der Waals surface area contributed by atoms with Gasteiger partial charge in [-0.3, -0.25) is 0 Å². The molecule has 0 spiro atoms. The van der Waals surface area contributed by atoms with Crippen LogP contribution in [0.25, 0.3) is 0 Å². The molecule has 0 unspecified atom stereocenters. The molecule has 0 heteroatoms. The lowest BCUT2D eigenvalue weighted by Gasteiger charge is -1.79. The minimum Gasteiger partial charge on any atom is -0.100 e. The fourth-order valence-electron chi connectivity index (χ4n) is 0.